The van der Waals surface area contributed by atoms with Gasteiger partial charge in [-0.1, -0.05) is 35.9 Å². The number of fused-ring (bicyclic) bond motifs is 1. The van der Waals surface area contributed by atoms with Crippen LogP contribution in [0.15, 0.2) is 79.1 Å². The van der Waals surface area contributed by atoms with Gasteiger partial charge in [-0.2, -0.15) is 0 Å². The molecule has 2 aromatic heterocycles. The Morgan fingerprint density at radius 1 is 1.06 bits per heavy atom. The summed E-state index contributed by atoms with van der Waals surface area (Å²) in [5.74, 6) is -0.551. The number of hydrogen-bond donors (Lipinski definition) is 1. The van der Waals surface area contributed by atoms with Gasteiger partial charge in [0.1, 0.15) is 5.65 Å². The zero-order chi connectivity index (χ0) is 21.4. The SMILES string of the molecule is Cc1ccc(N2C[C@@H](C(=O)Nc3cccc(-c4cn5ccccc5n4)c3)CC2=O)cc1. The fraction of sp³-hybridized carbons (Fsp3) is 0.160. The number of rotatable bonds is 4. The Hall–Kier alpha value is -3.93. The minimum absolute atomic E-state index is 0.0255. The predicted octanol–water partition coefficient (Wildman–Crippen LogP) is 4.30. The number of benzene rings is 2. The summed E-state index contributed by atoms with van der Waals surface area (Å²) < 4.78 is 1.96. The summed E-state index contributed by atoms with van der Waals surface area (Å²) in [5.41, 5.74) is 5.29. The van der Waals surface area contributed by atoms with Crippen LogP contribution in [0.1, 0.15) is 12.0 Å². The lowest BCUT2D eigenvalue weighted by Crippen LogP contribution is -2.28. The maximum Gasteiger partial charge on any atom is 0.229 e. The Balaban J connectivity index is 1.31. The Morgan fingerprint density at radius 2 is 1.90 bits per heavy atom. The van der Waals surface area contributed by atoms with E-state index in [2.05, 4.69) is 10.3 Å². The summed E-state index contributed by atoms with van der Waals surface area (Å²) in [4.78, 5) is 31.7. The summed E-state index contributed by atoms with van der Waals surface area (Å²) in [6, 6.07) is 21.3. The third-order valence-electron chi connectivity index (χ3n) is 5.63. The number of pyridine rings is 1. The molecule has 31 heavy (non-hydrogen) atoms. The van der Waals surface area contributed by atoms with E-state index in [4.69, 9.17) is 0 Å². The monoisotopic (exact) mass is 410 g/mol. The average Bonchev–Trinajstić information content (AvgIpc) is 3.38. The van der Waals surface area contributed by atoms with Crippen LogP contribution in [0.2, 0.25) is 0 Å². The molecule has 3 heterocycles. The van der Waals surface area contributed by atoms with E-state index in [0.29, 0.717) is 12.2 Å². The molecule has 1 N–H and O–H groups in total. The van der Waals surface area contributed by atoms with E-state index in [1.807, 2.05) is 90.4 Å². The van der Waals surface area contributed by atoms with E-state index in [-0.39, 0.29) is 24.2 Å². The first-order valence-corrected chi connectivity index (χ1v) is 10.3. The molecule has 0 aliphatic carbocycles. The van der Waals surface area contributed by atoms with Gasteiger partial charge in [0.15, 0.2) is 0 Å². The van der Waals surface area contributed by atoms with Gasteiger partial charge >= 0.3 is 0 Å². The molecule has 1 atom stereocenters. The number of imidazole rings is 1. The molecule has 1 aliphatic rings. The molecule has 2 aromatic carbocycles. The van der Waals surface area contributed by atoms with Gasteiger partial charge in [0.25, 0.3) is 0 Å². The van der Waals surface area contributed by atoms with E-state index in [0.717, 1.165) is 28.2 Å². The Kier molecular flexibility index (Phi) is 4.75. The van der Waals surface area contributed by atoms with Crippen LogP contribution in [0.25, 0.3) is 16.9 Å². The van der Waals surface area contributed by atoms with Gasteiger partial charge < -0.3 is 14.6 Å². The zero-order valence-electron chi connectivity index (χ0n) is 17.2. The van der Waals surface area contributed by atoms with Gasteiger partial charge in [-0.05, 0) is 43.3 Å². The van der Waals surface area contributed by atoms with Gasteiger partial charge in [-0.25, -0.2) is 4.98 Å². The van der Waals surface area contributed by atoms with Crippen LogP contribution < -0.4 is 10.2 Å². The number of aromatic nitrogens is 2. The van der Waals surface area contributed by atoms with Crippen LogP contribution in [0, 0.1) is 12.8 Å². The number of carbonyl (C=O) groups excluding carboxylic acids is 2. The molecule has 0 saturated carbocycles. The number of amides is 2. The van der Waals surface area contributed by atoms with Crippen molar-refractivity contribution in [1.82, 2.24) is 9.38 Å². The predicted molar refractivity (Wildman–Crippen MR) is 121 cm³/mol. The number of carbonyl (C=O) groups is 2. The van der Waals surface area contributed by atoms with Gasteiger partial charge in [0.05, 0.1) is 11.6 Å². The maximum absolute atomic E-state index is 12.9. The smallest absolute Gasteiger partial charge is 0.229 e. The van der Waals surface area contributed by atoms with Crippen LogP contribution in [0.3, 0.4) is 0 Å². The maximum atomic E-state index is 12.9. The summed E-state index contributed by atoms with van der Waals surface area (Å²) >= 11 is 0. The number of nitrogens with one attached hydrogen (secondary N) is 1. The van der Waals surface area contributed by atoms with Gasteiger partial charge in [0.2, 0.25) is 11.8 Å². The van der Waals surface area contributed by atoms with Crippen LogP contribution in [-0.4, -0.2) is 27.7 Å². The van der Waals surface area contributed by atoms with Gasteiger partial charge in [0, 0.05) is 42.3 Å². The number of hydrogen-bond acceptors (Lipinski definition) is 3. The molecule has 0 radical (unpaired) electrons. The summed E-state index contributed by atoms with van der Waals surface area (Å²) in [6.45, 7) is 2.39. The molecular weight excluding hydrogens is 388 g/mol. The highest BCUT2D eigenvalue weighted by atomic mass is 16.2. The third kappa shape index (κ3) is 3.80. The molecule has 6 nitrogen and oxygen atoms in total. The highest BCUT2D eigenvalue weighted by Crippen LogP contribution is 2.27. The van der Waals surface area contributed by atoms with Crippen molar-refractivity contribution in [3.63, 3.8) is 0 Å². The van der Waals surface area contributed by atoms with Gasteiger partial charge in [-0.15, -0.1) is 0 Å². The molecule has 2 amide bonds. The van der Waals surface area contributed by atoms with Crippen molar-refractivity contribution in [2.75, 3.05) is 16.8 Å². The molecule has 1 fully saturated rings. The van der Waals surface area contributed by atoms with Crippen LogP contribution in [0.5, 0.6) is 0 Å². The average molecular weight is 410 g/mol. The minimum atomic E-state index is -0.382. The van der Waals surface area contributed by atoms with Crippen LogP contribution in [-0.2, 0) is 9.59 Å². The van der Waals surface area contributed by atoms with Crippen molar-refractivity contribution < 1.29 is 9.59 Å². The van der Waals surface area contributed by atoms with Crippen LogP contribution in [0.4, 0.5) is 11.4 Å². The molecule has 0 bridgehead atoms. The molecule has 4 aromatic rings. The summed E-state index contributed by atoms with van der Waals surface area (Å²) in [7, 11) is 0. The van der Waals surface area contributed by atoms with Crippen molar-refractivity contribution in [2.24, 2.45) is 5.92 Å². The second-order valence-corrected chi connectivity index (χ2v) is 7.90. The topological polar surface area (TPSA) is 66.7 Å². The van der Waals surface area contributed by atoms with Crippen molar-refractivity contribution in [2.45, 2.75) is 13.3 Å². The molecule has 0 unspecified atom stereocenters. The number of anilines is 2. The standard InChI is InChI=1S/C25H22N4O2/c1-17-8-10-21(11-9-17)29-15-19(14-24(29)30)25(31)26-20-6-4-5-18(13-20)22-16-28-12-3-2-7-23(28)27-22/h2-13,16,19H,14-15H2,1H3,(H,26,31)/t19-/m0/s1. The molecule has 6 heteroatoms. The lowest BCUT2D eigenvalue weighted by Gasteiger charge is -2.17. The second kappa shape index (κ2) is 7.72. The van der Waals surface area contributed by atoms with E-state index >= 15 is 0 Å². The quantitative estimate of drug-likeness (QED) is 0.545. The first kappa shape index (κ1) is 19.1. The third-order valence-corrected chi connectivity index (χ3v) is 5.63. The van der Waals surface area contributed by atoms with Gasteiger partial charge in [-0.3, -0.25) is 9.59 Å². The lowest BCUT2D eigenvalue weighted by atomic mass is 10.1. The molecule has 1 saturated heterocycles. The van der Waals surface area contributed by atoms with E-state index in [1.54, 1.807) is 4.90 Å². The fourth-order valence-corrected chi connectivity index (χ4v) is 3.93. The van der Waals surface area contributed by atoms with Crippen molar-refractivity contribution >= 4 is 28.8 Å². The molecule has 154 valence electrons. The highest BCUT2D eigenvalue weighted by Gasteiger charge is 2.35. The van der Waals surface area contributed by atoms with E-state index in [1.165, 1.54) is 0 Å². The number of aryl methyl sites for hydroxylation is 1. The molecule has 0 spiro atoms. The summed E-state index contributed by atoms with van der Waals surface area (Å²) in [5, 5.41) is 2.98. The van der Waals surface area contributed by atoms with Crippen molar-refractivity contribution in [3.8, 4) is 11.3 Å². The van der Waals surface area contributed by atoms with Crippen molar-refractivity contribution in [1.29, 1.82) is 0 Å². The largest absolute Gasteiger partial charge is 0.326 e. The Morgan fingerprint density at radius 3 is 2.71 bits per heavy atom. The number of nitrogens with zero attached hydrogens (tertiary/aromatic N) is 3. The van der Waals surface area contributed by atoms with Crippen LogP contribution >= 0.6 is 0 Å². The summed E-state index contributed by atoms with van der Waals surface area (Å²) in [6.07, 6.45) is 4.13. The first-order chi connectivity index (χ1) is 15.1. The van der Waals surface area contributed by atoms with E-state index in [9.17, 15) is 9.59 Å². The Labute approximate surface area is 180 Å². The minimum Gasteiger partial charge on any atom is -0.326 e. The lowest BCUT2D eigenvalue weighted by molar-refractivity contribution is -0.122. The van der Waals surface area contributed by atoms with Crippen molar-refractivity contribution in [3.05, 3.63) is 84.7 Å². The first-order valence-electron chi connectivity index (χ1n) is 10.3. The second-order valence-electron chi connectivity index (χ2n) is 7.90. The molecular formula is C25H22N4O2. The molecule has 5 rings (SSSR count). The zero-order valence-corrected chi connectivity index (χ0v) is 17.2. The highest BCUT2D eigenvalue weighted by molar-refractivity contribution is 6.03. The normalized spacial score (nSPS) is 16.1. The van der Waals surface area contributed by atoms with E-state index < -0.39 is 0 Å². The molecule has 1 aliphatic heterocycles. The Bertz CT molecular complexity index is 1240. The fourth-order valence-electron chi connectivity index (χ4n) is 3.93.